The molecule has 17 heavy (non-hydrogen) atoms. The highest BCUT2D eigenvalue weighted by atomic mass is 16.4. The third kappa shape index (κ3) is 9.32. The predicted molar refractivity (Wildman–Crippen MR) is 63.2 cm³/mol. The number of amides is 1. The fourth-order valence-electron chi connectivity index (χ4n) is 1.45. The molecule has 0 aromatic heterocycles. The summed E-state index contributed by atoms with van der Waals surface area (Å²) in [7, 11) is 0. The van der Waals surface area contributed by atoms with E-state index in [1.165, 1.54) is 4.90 Å². The van der Waals surface area contributed by atoms with Crippen LogP contribution in [0.4, 0.5) is 0 Å². The van der Waals surface area contributed by atoms with E-state index in [1.807, 2.05) is 12.2 Å². The number of hydrogen-bond donors (Lipinski definition) is 2. The molecule has 0 unspecified atom stereocenters. The number of carboxylic acids is 1. The maximum Gasteiger partial charge on any atom is 0.220 e. The predicted octanol–water partition coefficient (Wildman–Crippen LogP) is -2.11. The molecule has 0 aromatic carbocycles. The van der Waals surface area contributed by atoms with Crippen molar-refractivity contribution in [3.8, 4) is 0 Å². The molecule has 0 aromatic rings. The molecule has 0 radical (unpaired) electrons. The summed E-state index contributed by atoms with van der Waals surface area (Å²) in [4.78, 5) is 22.6. The molecule has 0 heterocycles. The Morgan fingerprint density at radius 2 is 1.82 bits per heavy atom. The molecule has 0 atom stereocenters. The smallest absolute Gasteiger partial charge is 0.220 e. The van der Waals surface area contributed by atoms with Crippen LogP contribution in [-0.4, -0.2) is 38.1 Å². The maximum atomic E-state index is 11.2. The van der Waals surface area contributed by atoms with Crippen molar-refractivity contribution >= 4 is 11.9 Å². The Bertz CT molecular complexity index is 267. The molecular formula is C12H20N2O3. The summed E-state index contributed by atoms with van der Waals surface area (Å²) in [6, 6.07) is 0. The SMILES string of the molecule is C=CC[NH+](CC=C)CCCC(=O)NCC(=O)[O-]. The van der Waals surface area contributed by atoms with Gasteiger partial charge in [-0.3, -0.25) is 4.79 Å². The highest BCUT2D eigenvalue weighted by Crippen LogP contribution is 1.84. The van der Waals surface area contributed by atoms with E-state index in [0.29, 0.717) is 12.8 Å². The van der Waals surface area contributed by atoms with E-state index >= 15 is 0 Å². The highest BCUT2D eigenvalue weighted by molar-refractivity contribution is 5.80. The van der Waals surface area contributed by atoms with Gasteiger partial charge < -0.3 is 20.1 Å². The van der Waals surface area contributed by atoms with Gasteiger partial charge in [0.1, 0.15) is 0 Å². The van der Waals surface area contributed by atoms with Crippen molar-refractivity contribution in [2.24, 2.45) is 0 Å². The Labute approximate surface area is 102 Å². The Balaban J connectivity index is 3.71. The molecule has 96 valence electrons. The molecule has 0 saturated carbocycles. The van der Waals surface area contributed by atoms with Crippen molar-refractivity contribution in [3.63, 3.8) is 0 Å². The maximum absolute atomic E-state index is 11.2. The Hall–Kier alpha value is -1.62. The topological polar surface area (TPSA) is 73.7 Å². The third-order valence-corrected chi connectivity index (χ3v) is 2.23. The van der Waals surface area contributed by atoms with Crippen LogP contribution in [0.2, 0.25) is 0 Å². The molecule has 0 aliphatic rings. The van der Waals surface area contributed by atoms with Gasteiger partial charge in [0.2, 0.25) is 5.91 Å². The van der Waals surface area contributed by atoms with Crippen molar-refractivity contribution < 1.29 is 19.6 Å². The van der Waals surface area contributed by atoms with Gasteiger partial charge in [-0.15, -0.1) is 0 Å². The number of nitrogens with one attached hydrogen (secondary N) is 2. The van der Waals surface area contributed by atoms with Crippen LogP contribution >= 0.6 is 0 Å². The van der Waals surface area contributed by atoms with E-state index in [2.05, 4.69) is 18.5 Å². The number of rotatable bonds is 10. The summed E-state index contributed by atoms with van der Waals surface area (Å²) < 4.78 is 0. The van der Waals surface area contributed by atoms with Crippen molar-refractivity contribution in [1.82, 2.24) is 5.32 Å². The average Bonchev–Trinajstić information content (AvgIpc) is 2.27. The molecule has 0 aliphatic carbocycles. The number of carbonyl (C=O) groups excluding carboxylic acids is 2. The molecule has 2 N–H and O–H groups in total. The molecular weight excluding hydrogens is 220 g/mol. The summed E-state index contributed by atoms with van der Waals surface area (Å²) in [6.45, 7) is 9.40. The molecule has 5 heteroatoms. The van der Waals surface area contributed by atoms with Crippen molar-refractivity contribution in [3.05, 3.63) is 25.3 Å². The van der Waals surface area contributed by atoms with Crippen LogP contribution in [0.5, 0.6) is 0 Å². The first-order valence-electron chi connectivity index (χ1n) is 5.62. The number of hydrogen-bond acceptors (Lipinski definition) is 3. The van der Waals surface area contributed by atoms with Crippen LogP contribution < -0.4 is 15.3 Å². The van der Waals surface area contributed by atoms with Crippen LogP contribution in [-0.2, 0) is 9.59 Å². The van der Waals surface area contributed by atoms with E-state index in [1.54, 1.807) is 0 Å². The van der Waals surface area contributed by atoms with Gasteiger partial charge in [0.25, 0.3) is 0 Å². The Morgan fingerprint density at radius 3 is 2.29 bits per heavy atom. The van der Waals surface area contributed by atoms with Crippen molar-refractivity contribution in [1.29, 1.82) is 0 Å². The Morgan fingerprint density at radius 1 is 1.24 bits per heavy atom. The van der Waals surface area contributed by atoms with E-state index < -0.39 is 12.5 Å². The van der Waals surface area contributed by atoms with Crippen LogP contribution in [0.1, 0.15) is 12.8 Å². The van der Waals surface area contributed by atoms with Gasteiger partial charge in [-0.25, -0.2) is 0 Å². The monoisotopic (exact) mass is 240 g/mol. The van der Waals surface area contributed by atoms with Crippen LogP contribution in [0, 0.1) is 0 Å². The van der Waals surface area contributed by atoms with Gasteiger partial charge in [-0.1, -0.05) is 13.2 Å². The minimum atomic E-state index is -1.27. The lowest BCUT2D eigenvalue weighted by Crippen LogP contribution is -3.11. The minimum Gasteiger partial charge on any atom is -0.548 e. The standard InChI is InChI=1S/C12H20N2O3/c1-3-7-14(8-4-2)9-5-6-11(15)13-10-12(16)17/h3-4H,1-2,5-10H2,(H,13,15)(H,16,17). The molecule has 0 bridgehead atoms. The van der Waals surface area contributed by atoms with Crippen molar-refractivity contribution in [2.75, 3.05) is 26.2 Å². The molecule has 0 saturated heterocycles. The zero-order valence-corrected chi connectivity index (χ0v) is 10.0. The molecule has 0 rings (SSSR count). The van der Waals surface area contributed by atoms with Gasteiger partial charge in [0.05, 0.1) is 32.1 Å². The second kappa shape index (κ2) is 9.59. The quantitative estimate of drug-likeness (QED) is 0.429. The molecule has 0 spiro atoms. The van der Waals surface area contributed by atoms with Crippen molar-refractivity contribution in [2.45, 2.75) is 12.8 Å². The van der Waals surface area contributed by atoms with Crippen LogP contribution in [0.3, 0.4) is 0 Å². The minimum absolute atomic E-state index is 0.259. The normalized spacial score (nSPS) is 9.94. The summed E-state index contributed by atoms with van der Waals surface area (Å²) in [5, 5.41) is 12.4. The van der Waals surface area contributed by atoms with Crippen LogP contribution in [0.15, 0.2) is 25.3 Å². The zero-order chi connectivity index (χ0) is 13.1. The lowest BCUT2D eigenvalue weighted by atomic mass is 10.2. The third-order valence-electron chi connectivity index (χ3n) is 2.23. The molecule has 0 fully saturated rings. The highest BCUT2D eigenvalue weighted by Gasteiger charge is 2.06. The van der Waals surface area contributed by atoms with E-state index in [4.69, 9.17) is 0 Å². The van der Waals surface area contributed by atoms with E-state index in [9.17, 15) is 14.7 Å². The van der Waals surface area contributed by atoms with Crippen LogP contribution in [0.25, 0.3) is 0 Å². The Kier molecular flexibility index (Phi) is 8.68. The molecule has 5 nitrogen and oxygen atoms in total. The fraction of sp³-hybridized carbons (Fsp3) is 0.500. The average molecular weight is 240 g/mol. The summed E-state index contributed by atoms with van der Waals surface area (Å²) >= 11 is 0. The van der Waals surface area contributed by atoms with E-state index in [0.717, 1.165) is 19.6 Å². The first kappa shape index (κ1) is 15.4. The van der Waals surface area contributed by atoms with Gasteiger partial charge in [-0.2, -0.15) is 0 Å². The summed E-state index contributed by atoms with van der Waals surface area (Å²) in [6.07, 6.45) is 4.69. The number of carboxylic acid groups (broad SMARTS) is 1. The fourth-order valence-corrected chi connectivity index (χ4v) is 1.45. The van der Waals surface area contributed by atoms with Gasteiger partial charge in [0, 0.05) is 12.8 Å². The molecule has 0 aliphatic heterocycles. The number of carbonyl (C=O) groups is 2. The lowest BCUT2D eigenvalue weighted by Gasteiger charge is -2.15. The number of aliphatic carboxylic acids is 1. The van der Waals surface area contributed by atoms with Gasteiger partial charge in [-0.05, 0) is 12.2 Å². The van der Waals surface area contributed by atoms with Gasteiger partial charge in [0.15, 0.2) is 0 Å². The second-order valence-corrected chi connectivity index (χ2v) is 3.74. The van der Waals surface area contributed by atoms with Gasteiger partial charge >= 0.3 is 0 Å². The largest absolute Gasteiger partial charge is 0.548 e. The summed E-state index contributed by atoms with van der Waals surface area (Å²) in [5.74, 6) is -1.53. The summed E-state index contributed by atoms with van der Waals surface area (Å²) in [5.41, 5.74) is 0. The first-order valence-corrected chi connectivity index (χ1v) is 5.62. The lowest BCUT2D eigenvalue weighted by molar-refractivity contribution is -0.888. The second-order valence-electron chi connectivity index (χ2n) is 3.74. The van der Waals surface area contributed by atoms with E-state index in [-0.39, 0.29) is 5.91 Å². The number of quaternary nitrogens is 1. The molecule has 1 amide bonds. The first-order chi connectivity index (χ1) is 8.10. The zero-order valence-electron chi connectivity index (χ0n) is 10.0.